The summed E-state index contributed by atoms with van der Waals surface area (Å²) in [5.41, 5.74) is 19.0. The Morgan fingerprint density at radius 2 is 1.95 bits per heavy atom. The van der Waals surface area contributed by atoms with E-state index in [0.717, 1.165) is 16.7 Å². The number of halogens is 2. The molecule has 0 aliphatic carbocycles. The molecule has 2 aromatic rings. The molecular weight excluding hydrogens is 325 g/mol. The lowest BCUT2D eigenvalue weighted by molar-refractivity contribution is -0.121. The molecule has 0 aliphatic heterocycles. The van der Waals surface area contributed by atoms with Crippen molar-refractivity contribution < 1.29 is 9.21 Å². The van der Waals surface area contributed by atoms with E-state index < -0.39 is 11.8 Å². The molecule has 0 saturated heterocycles. The van der Waals surface area contributed by atoms with Gasteiger partial charge in [0.05, 0.1) is 18.7 Å². The highest BCUT2D eigenvalue weighted by molar-refractivity contribution is 6.36. The molecule has 1 heterocycles. The van der Waals surface area contributed by atoms with Crippen LogP contribution >= 0.6 is 23.2 Å². The summed E-state index contributed by atoms with van der Waals surface area (Å²) >= 11 is 12.2. The van der Waals surface area contributed by atoms with Gasteiger partial charge in [-0.3, -0.25) is 4.79 Å². The lowest BCUT2D eigenvalue weighted by Gasteiger charge is -2.13. The molecule has 1 aromatic heterocycles. The number of furan rings is 1. The van der Waals surface area contributed by atoms with Crippen LogP contribution < -0.4 is 17.2 Å². The number of hydrogen-bond donors (Lipinski definition) is 3. The van der Waals surface area contributed by atoms with Gasteiger partial charge in [0.15, 0.2) is 0 Å². The van der Waals surface area contributed by atoms with Crippen molar-refractivity contribution in [1.82, 2.24) is 0 Å². The van der Waals surface area contributed by atoms with Gasteiger partial charge in [0.2, 0.25) is 5.91 Å². The van der Waals surface area contributed by atoms with Crippen LogP contribution in [0.5, 0.6) is 0 Å². The Morgan fingerprint density at radius 3 is 2.50 bits per heavy atom. The van der Waals surface area contributed by atoms with Crippen molar-refractivity contribution in [2.75, 3.05) is 6.54 Å². The maximum atomic E-state index is 11.5. The topological polar surface area (TPSA) is 108 Å². The summed E-state index contributed by atoms with van der Waals surface area (Å²) in [5, 5.41) is 1.02. The van der Waals surface area contributed by atoms with E-state index in [1.807, 2.05) is 0 Å². The Balaban J connectivity index is 2.48. The smallest absolute Gasteiger partial charge is 0.222 e. The second kappa shape index (κ2) is 7.15. The highest BCUT2D eigenvalue weighted by Gasteiger charge is 2.22. The molecule has 118 valence electrons. The van der Waals surface area contributed by atoms with Crippen LogP contribution in [0.3, 0.4) is 0 Å². The molecule has 0 aliphatic rings. The zero-order valence-electron chi connectivity index (χ0n) is 11.8. The minimum atomic E-state index is -0.493. The molecule has 1 aromatic carbocycles. The van der Waals surface area contributed by atoms with Crippen LogP contribution in [0, 0.1) is 5.92 Å². The standard InChI is InChI=1S/C15H17Cl2N3O2/c16-9-1-2-10(13(17)4-9)12-7-22-14(6-19)11(12)3-8(5-18)15(20)21/h1-2,4,7-8H,3,5-6,18-19H2,(H2,20,21). The second-order valence-electron chi connectivity index (χ2n) is 4.92. The largest absolute Gasteiger partial charge is 0.467 e. The molecule has 7 heteroatoms. The van der Waals surface area contributed by atoms with Gasteiger partial charge in [0.25, 0.3) is 0 Å². The first-order valence-electron chi connectivity index (χ1n) is 6.72. The van der Waals surface area contributed by atoms with E-state index in [4.69, 9.17) is 44.8 Å². The van der Waals surface area contributed by atoms with Gasteiger partial charge in [-0.25, -0.2) is 0 Å². The number of carbonyl (C=O) groups is 1. The van der Waals surface area contributed by atoms with Crippen LogP contribution in [-0.4, -0.2) is 12.5 Å². The Labute approximate surface area is 138 Å². The lowest BCUT2D eigenvalue weighted by atomic mass is 9.93. The number of rotatable bonds is 6. The highest BCUT2D eigenvalue weighted by atomic mass is 35.5. The molecule has 1 unspecified atom stereocenters. The van der Waals surface area contributed by atoms with Crippen molar-refractivity contribution in [2.24, 2.45) is 23.1 Å². The Hall–Kier alpha value is -1.53. The summed E-state index contributed by atoms with van der Waals surface area (Å²) in [4.78, 5) is 11.5. The number of carbonyl (C=O) groups excluding carboxylic acids is 1. The first-order chi connectivity index (χ1) is 10.5. The van der Waals surface area contributed by atoms with E-state index in [2.05, 4.69) is 0 Å². The maximum absolute atomic E-state index is 11.5. The molecule has 2 rings (SSSR count). The summed E-state index contributed by atoms with van der Waals surface area (Å²) in [7, 11) is 0. The minimum absolute atomic E-state index is 0.151. The van der Waals surface area contributed by atoms with E-state index in [9.17, 15) is 4.79 Å². The van der Waals surface area contributed by atoms with Crippen molar-refractivity contribution in [3.63, 3.8) is 0 Å². The van der Waals surface area contributed by atoms with Gasteiger partial charge in [-0.05, 0) is 18.6 Å². The lowest BCUT2D eigenvalue weighted by Crippen LogP contribution is -2.31. The van der Waals surface area contributed by atoms with Crippen molar-refractivity contribution >= 4 is 29.1 Å². The Kier molecular flexibility index (Phi) is 5.47. The minimum Gasteiger partial charge on any atom is -0.467 e. The van der Waals surface area contributed by atoms with Crippen molar-refractivity contribution in [1.29, 1.82) is 0 Å². The molecule has 0 fully saturated rings. The van der Waals surface area contributed by atoms with Crippen LogP contribution in [0.4, 0.5) is 0 Å². The fraction of sp³-hybridized carbons (Fsp3) is 0.267. The van der Waals surface area contributed by atoms with Gasteiger partial charge in [0, 0.05) is 33.3 Å². The molecule has 0 spiro atoms. The van der Waals surface area contributed by atoms with Gasteiger partial charge < -0.3 is 21.6 Å². The molecule has 1 atom stereocenters. The average Bonchev–Trinajstić information content (AvgIpc) is 2.86. The monoisotopic (exact) mass is 341 g/mol. The third kappa shape index (κ3) is 3.44. The summed E-state index contributed by atoms with van der Waals surface area (Å²) < 4.78 is 5.50. The van der Waals surface area contributed by atoms with Crippen LogP contribution in [0.2, 0.25) is 10.0 Å². The fourth-order valence-corrected chi connectivity index (χ4v) is 2.81. The van der Waals surface area contributed by atoms with Crippen molar-refractivity contribution in [3.8, 4) is 11.1 Å². The molecule has 0 bridgehead atoms. The SMILES string of the molecule is NCc1occ(-c2ccc(Cl)cc2Cl)c1CC(CN)C(N)=O. The third-order valence-electron chi connectivity index (χ3n) is 3.52. The van der Waals surface area contributed by atoms with Gasteiger partial charge in [0.1, 0.15) is 5.76 Å². The normalized spacial score (nSPS) is 12.4. The Bertz CT molecular complexity index is 685. The Morgan fingerprint density at radius 1 is 1.23 bits per heavy atom. The third-order valence-corrected chi connectivity index (χ3v) is 4.07. The summed E-state index contributed by atoms with van der Waals surface area (Å²) in [6.45, 7) is 0.356. The number of amides is 1. The maximum Gasteiger partial charge on any atom is 0.222 e. The molecule has 22 heavy (non-hydrogen) atoms. The summed E-state index contributed by atoms with van der Waals surface area (Å²) in [5.74, 6) is -0.367. The first kappa shape index (κ1) is 16.8. The van der Waals surface area contributed by atoms with E-state index in [1.54, 1.807) is 24.5 Å². The quantitative estimate of drug-likeness (QED) is 0.748. The summed E-state index contributed by atoms with van der Waals surface area (Å²) in [6, 6.07) is 5.17. The van der Waals surface area contributed by atoms with E-state index in [1.165, 1.54) is 0 Å². The van der Waals surface area contributed by atoms with Crippen LogP contribution in [-0.2, 0) is 17.8 Å². The first-order valence-corrected chi connectivity index (χ1v) is 7.47. The average molecular weight is 342 g/mol. The summed E-state index contributed by atoms with van der Waals surface area (Å²) in [6.07, 6.45) is 1.92. The van der Waals surface area contributed by atoms with Crippen molar-refractivity contribution in [2.45, 2.75) is 13.0 Å². The molecule has 0 saturated carbocycles. The highest BCUT2D eigenvalue weighted by Crippen LogP contribution is 2.36. The predicted molar refractivity (Wildman–Crippen MR) is 87.5 cm³/mol. The van der Waals surface area contributed by atoms with Gasteiger partial charge in [-0.15, -0.1) is 0 Å². The predicted octanol–water partition coefficient (Wildman–Crippen LogP) is 2.31. The number of hydrogen-bond acceptors (Lipinski definition) is 4. The number of nitrogens with two attached hydrogens (primary N) is 3. The van der Waals surface area contributed by atoms with Crippen LogP contribution in [0.1, 0.15) is 11.3 Å². The van der Waals surface area contributed by atoms with E-state index >= 15 is 0 Å². The second-order valence-corrected chi connectivity index (χ2v) is 5.76. The molecular formula is C15H17Cl2N3O2. The zero-order chi connectivity index (χ0) is 16.3. The van der Waals surface area contributed by atoms with Gasteiger partial charge in [-0.2, -0.15) is 0 Å². The van der Waals surface area contributed by atoms with Crippen LogP contribution in [0.25, 0.3) is 11.1 Å². The molecule has 5 nitrogen and oxygen atoms in total. The zero-order valence-corrected chi connectivity index (χ0v) is 13.3. The number of primary amides is 1. The molecule has 0 radical (unpaired) electrons. The fourth-order valence-electron chi connectivity index (χ4n) is 2.30. The van der Waals surface area contributed by atoms with Gasteiger partial charge >= 0.3 is 0 Å². The van der Waals surface area contributed by atoms with Crippen molar-refractivity contribution in [3.05, 3.63) is 45.8 Å². The molecule has 1 amide bonds. The molecule has 6 N–H and O–H groups in total. The van der Waals surface area contributed by atoms with E-state index in [-0.39, 0.29) is 13.1 Å². The van der Waals surface area contributed by atoms with E-state index in [0.29, 0.717) is 22.2 Å². The van der Waals surface area contributed by atoms with Gasteiger partial charge in [-0.1, -0.05) is 29.3 Å². The number of benzene rings is 1. The van der Waals surface area contributed by atoms with Crippen LogP contribution in [0.15, 0.2) is 28.9 Å².